The lowest BCUT2D eigenvalue weighted by atomic mass is 10.1. The Hall–Kier alpha value is -3.29. The molecule has 0 saturated carbocycles. The molecule has 1 aromatic carbocycles. The van der Waals surface area contributed by atoms with Gasteiger partial charge in [0.05, 0.1) is 19.1 Å². The SMILES string of the molecule is COc1ccc(-n2c(C)cc(C(=O)NC(CC(=O)O)C(=O)O)c2C)cc1. The van der Waals surface area contributed by atoms with Crippen molar-refractivity contribution in [3.63, 3.8) is 0 Å². The van der Waals surface area contributed by atoms with Crippen molar-refractivity contribution >= 4 is 17.8 Å². The molecule has 0 bridgehead atoms. The number of nitrogens with one attached hydrogen (secondary N) is 1. The number of carboxylic acids is 2. The summed E-state index contributed by atoms with van der Waals surface area (Å²) in [4.78, 5) is 34.4. The number of carboxylic acid groups (broad SMARTS) is 2. The third kappa shape index (κ3) is 4.02. The van der Waals surface area contributed by atoms with Crippen LogP contribution in [0.3, 0.4) is 0 Å². The predicted octanol–water partition coefficient (Wildman–Crippen LogP) is 1.76. The Bertz CT molecular complexity index is 838. The quantitative estimate of drug-likeness (QED) is 0.692. The molecule has 0 fully saturated rings. The zero-order chi connectivity index (χ0) is 19.4. The number of carbonyl (C=O) groups excluding carboxylic acids is 1. The molecule has 3 N–H and O–H groups in total. The topological polar surface area (TPSA) is 118 Å². The van der Waals surface area contributed by atoms with Crippen LogP contribution in [0.5, 0.6) is 5.75 Å². The molecule has 8 nitrogen and oxygen atoms in total. The van der Waals surface area contributed by atoms with E-state index in [1.165, 1.54) is 0 Å². The number of amides is 1. The van der Waals surface area contributed by atoms with Gasteiger partial charge in [0.25, 0.3) is 5.91 Å². The highest BCUT2D eigenvalue weighted by atomic mass is 16.5. The van der Waals surface area contributed by atoms with Gasteiger partial charge >= 0.3 is 11.9 Å². The molecule has 1 heterocycles. The van der Waals surface area contributed by atoms with Crippen LogP contribution in [0.4, 0.5) is 0 Å². The summed E-state index contributed by atoms with van der Waals surface area (Å²) in [5, 5.41) is 20.1. The highest BCUT2D eigenvalue weighted by Crippen LogP contribution is 2.23. The third-order valence-corrected chi connectivity index (χ3v) is 3.99. The Labute approximate surface area is 150 Å². The maximum Gasteiger partial charge on any atom is 0.326 e. The minimum atomic E-state index is -1.50. The lowest BCUT2D eigenvalue weighted by Gasteiger charge is -2.13. The van der Waals surface area contributed by atoms with Crippen molar-refractivity contribution in [3.05, 3.63) is 47.3 Å². The predicted molar refractivity (Wildman–Crippen MR) is 92.9 cm³/mol. The first-order valence-corrected chi connectivity index (χ1v) is 7.83. The Kier molecular flexibility index (Phi) is 5.66. The van der Waals surface area contributed by atoms with Gasteiger partial charge in [0.2, 0.25) is 0 Å². The van der Waals surface area contributed by atoms with E-state index in [0.717, 1.165) is 11.4 Å². The van der Waals surface area contributed by atoms with Crippen molar-refractivity contribution in [2.24, 2.45) is 0 Å². The molecular formula is C18H20N2O6. The fourth-order valence-electron chi connectivity index (χ4n) is 2.73. The normalized spacial score (nSPS) is 11.7. The number of hydrogen-bond donors (Lipinski definition) is 3. The molecule has 0 aliphatic rings. The van der Waals surface area contributed by atoms with Gasteiger partial charge in [0, 0.05) is 17.1 Å². The number of carbonyl (C=O) groups is 3. The summed E-state index contributed by atoms with van der Waals surface area (Å²) >= 11 is 0. The molecular weight excluding hydrogens is 340 g/mol. The van der Waals surface area contributed by atoms with E-state index in [1.807, 2.05) is 23.6 Å². The summed E-state index contributed by atoms with van der Waals surface area (Å²) in [7, 11) is 1.57. The van der Waals surface area contributed by atoms with Crippen LogP contribution in [0.2, 0.25) is 0 Å². The van der Waals surface area contributed by atoms with Gasteiger partial charge in [-0.1, -0.05) is 0 Å². The summed E-state index contributed by atoms with van der Waals surface area (Å²) in [5.74, 6) is -2.63. The van der Waals surface area contributed by atoms with Gasteiger partial charge in [-0.3, -0.25) is 9.59 Å². The Morgan fingerprint density at radius 2 is 1.77 bits per heavy atom. The van der Waals surface area contributed by atoms with E-state index in [-0.39, 0.29) is 5.56 Å². The number of nitrogens with zero attached hydrogens (tertiary/aromatic N) is 1. The number of ether oxygens (including phenoxy) is 1. The summed E-state index contributed by atoms with van der Waals surface area (Å²) in [6.07, 6.45) is -0.696. The van der Waals surface area contributed by atoms with Gasteiger partial charge in [0.15, 0.2) is 0 Å². The van der Waals surface area contributed by atoms with Crippen molar-refractivity contribution < 1.29 is 29.3 Å². The van der Waals surface area contributed by atoms with Crippen LogP contribution in [0.25, 0.3) is 5.69 Å². The summed E-state index contributed by atoms with van der Waals surface area (Å²) in [5.41, 5.74) is 2.50. The number of aryl methyl sites for hydroxylation is 1. The van der Waals surface area contributed by atoms with Crippen LogP contribution in [0.1, 0.15) is 28.2 Å². The van der Waals surface area contributed by atoms with E-state index in [1.54, 1.807) is 32.2 Å². The molecule has 2 rings (SSSR count). The van der Waals surface area contributed by atoms with Crippen LogP contribution in [-0.2, 0) is 9.59 Å². The smallest absolute Gasteiger partial charge is 0.326 e. The van der Waals surface area contributed by atoms with Gasteiger partial charge in [-0.25, -0.2) is 4.79 Å². The van der Waals surface area contributed by atoms with Crippen LogP contribution < -0.4 is 10.1 Å². The molecule has 0 aliphatic heterocycles. The number of rotatable bonds is 7. The van der Waals surface area contributed by atoms with E-state index in [0.29, 0.717) is 11.4 Å². The molecule has 0 spiro atoms. The van der Waals surface area contributed by atoms with Gasteiger partial charge < -0.3 is 24.8 Å². The van der Waals surface area contributed by atoms with Crippen molar-refractivity contribution in [2.75, 3.05) is 7.11 Å². The van der Waals surface area contributed by atoms with Crippen molar-refractivity contribution in [2.45, 2.75) is 26.3 Å². The average Bonchev–Trinajstić information content (AvgIpc) is 2.88. The molecule has 0 aliphatic carbocycles. The number of aliphatic carboxylic acids is 2. The van der Waals surface area contributed by atoms with E-state index in [9.17, 15) is 14.4 Å². The number of hydrogen-bond acceptors (Lipinski definition) is 4. The van der Waals surface area contributed by atoms with Crippen molar-refractivity contribution in [1.82, 2.24) is 9.88 Å². The van der Waals surface area contributed by atoms with Crippen LogP contribution in [-0.4, -0.2) is 45.8 Å². The van der Waals surface area contributed by atoms with Gasteiger partial charge in [-0.05, 0) is 44.2 Å². The number of methoxy groups -OCH3 is 1. The van der Waals surface area contributed by atoms with Crippen LogP contribution in [0.15, 0.2) is 30.3 Å². The first-order valence-electron chi connectivity index (χ1n) is 7.83. The van der Waals surface area contributed by atoms with E-state index < -0.39 is 30.3 Å². The average molecular weight is 360 g/mol. The van der Waals surface area contributed by atoms with Crippen LogP contribution >= 0.6 is 0 Å². The van der Waals surface area contributed by atoms with Gasteiger partial charge in [0.1, 0.15) is 11.8 Å². The fourth-order valence-corrected chi connectivity index (χ4v) is 2.73. The molecule has 8 heteroatoms. The van der Waals surface area contributed by atoms with E-state index in [2.05, 4.69) is 5.32 Å². The largest absolute Gasteiger partial charge is 0.497 e. The van der Waals surface area contributed by atoms with Gasteiger partial charge in [-0.2, -0.15) is 0 Å². The molecule has 1 amide bonds. The second-order valence-corrected chi connectivity index (χ2v) is 5.78. The number of benzene rings is 1. The second-order valence-electron chi connectivity index (χ2n) is 5.78. The molecule has 1 unspecified atom stereocenters. The van der Waals surface area contributed by atoms with Crippen LogP contribution in [0, 0.1) is 13.8 Å². The van der Waals surface area contributed by atoms with E-state index in [4.69, 9.17) is 14.9 Å². The first-order chi connectivity index (χ1) is 12.2. The molecule has 1 atom stereocenters. The zero-order valence-corrected chi connectivity index (χ0v) is 14.6. The van der Waals surface area contributed by atoms with E-state index >= 15 is 0 Å². The highest BCUT2D eigenvalue weighted by Gasteiger charge is 2.25. The monoisotopic (exact) mass is 360 g/mol. The fraction of sp³-hybridized carbons (Fsp3) is 0.278. The zero-order valence-electron chi connectivity index (χ0n) is 14.6. The summed E-state index contributed by atoms with van der Waals surface area (Å²) in [6, 6.07) is 7.40. The molecule has 2 aromatic rings. The summed E-state index contributed by atoms with van der Waals surface area (Å²) in [6.45, 7) is 3.55. The number of aromatic nitrogens is 1. The molecule has 0 saturated heterocycles. The standard InChI is InChI=1S/C18H20N2O6/c1-10-8-14(17(23)19-15(18(24)25)9-16(21)22)11(2)20(10)12-4-6-13(26-3)7-5-12/h4-8,15H,9H2,1-3H3,(H,19,23)(H,21,22)(H,24,25). The van der Waals surface area contributed by atoms with Crippen molar-refractivity contribution in [3.8, 4) is 11.4 Å². The van der Waals surface area contributed by atoms with Crippen molar-refractivity contribution in [1.29, 1.82) is 0 Å². The molecule has 26 heavy (non-hydrogen) atoms. The Morgan fingerprint density at radius 1 is 1.15 bits per heavy atom. The minimum absolute atomic E-state index is 0.287. The first kappa shape index (κ1) is 19.0. The minimum Gasteiger partial charge on any atom is -0.497 e. The second kappa shape index (κ2) is 7.73. The summed E-state index contributed by atoms with van der Waals surface area (Å²) < 4.78 is 6.98. The lowest BCUT2D eigenvalue weighted by Crippen LogP contribution is -2.42. The molecule has 0 radical (unpaired) electrons. The maximum atomic E-state index is 12.5. The van der Waals surface area contributed by atoms with Gasteiger partial charge in [-0.15, -0.1) is 0 Å². The Morgan fingerprint density at radius 3 is 2.27 bits per heavy atom. The lowest BCUT2D eigenvalue weighted by molar-refractivity contribution is -0.145. The third-order valence-electron chi connectivity index (χ3n) is 3.99. The Balaban J connectivity index is 2.31. The molecule has 1 aromatic heterocycles. The highest BCUT2D eigenvalue weighted by molar-refractivity contribution is 5.98. The molecule has 138 valence electrons. The maximum absolute atomic E-state index is 12.5.